The van der Waals surface area contributed by atoms with Crippen LogP contribution in [-0.4, -0.2) is 52.6 Å². The molecule has 1 aromatic heterocycles. The molecular weight excluding hydrogens is 348 g/mol. The molecule has 0 saturated heterocycles. The van der Waals surface area contributed by atoms with Crippen molar-refractivity contribution in [2.75, 3.05) is 19.8 Å². The Hall–Kier alpha value is -1.96. The number of hydrogen-bond donors (Lipinski definition) is 3. The molecule has 0 aromatic carbocycles. The van der Waals surface area contributed by atoms with Gasteiger partial charge in [0.25, 0.3) is 0 Å². The van der Waals surface area contributed by atoms with Gasteiger partial charge in [0.1, 0.15) is 5.75 Å². The van der Waals surface area contributed by atoms with Gasteiger partial charge in [-0.1, -0.05) is 12.2 Å². The number of nitrogens with zero attached hydrogens (tertiary/aromatic N) is 1. The summed E-state index contributed by atoms with van der Waals surface area (Å²) < 4.78 is 11.2. The maximum absolute atomic E-state index is 11.7. The number of aliphatic hydroxyl groups is 1. The number of fused-ring (bicyclic) bond motifs is 2. The Morgan fingerprint density at radius 1 is 1.19 bits per heavy atom. The second-order valence-electron chi connectivity index (χ2n) is 6.88. The summed E-state index contributed by atoms with van der Waals surface area (Å²) in [7, 11) is 0. The molecule has 2 rings (SSSR count). The molecule has 1 aromatic rings. The number of allylic oxidation sites excluding steroid dienone is 2. The minimum absolute atomic E-state index is 0.0329. The highest BCUT2D eigenvalue weighted by molar-refractivity contribution is 5.78. The Balaban J connectivity index is 2.11. The van der Waals surface area contributed by atoms with Gasteiger partial charge in [-0.15, -0.1) is 0 Å². The van der Waals surface area contributed by atoms with Crippen LogP contribution in [0.5, 0.6) is 5.75 Å². The van der Waals surface area contributed by atoms with Gasteiger partial charge in [-0.25, -0.2) is 4.79 Å². The van der Waals surface area contributed by atoms with Gasteiger partial charge in [0.15, 0.2) is 5.60 Å². The van der Waals surface area contributed by atoms with E-state index in [4.69, 9.17) is 15.2 Å². The Morgan fingerprint density at radius 2 is 1.89 bits per heavy atom. The average Bonchev–Trinajstić information content (AvgIpc) is 2.64. The van der Waals surface area contributed by atoms with Gasteiger partial charge in [-0.2, -0.15) is 0 Å². The van der Waals surface area contributed by atoms with Crippen LogP contribution < -0.4 is 10.5 Å². The number of nitrogens with two attached hydrogens (primary N) is 1. The number of pyridine rings is 1. The van der Waals surface area contributed by atoms with Crippen LogP contribution in [0.4, 0.5) is 0 Å². The first-order valence-corrected chi connectivity index (χ1v) is 9.54. The molecule has 1 aliphatic heterocycles. The van der Waals surface area contributed by atoms with E-state index in [1.807, 2.05) is 0 Å². The Bertz CT molecular complexity index is 622. The first-order chi connectivity index (χ1) is 13.0. The fourth-order valence-electron chi connectivity index (χ4n) is 2.89. The largest absolute Gasteiger partial charge is 0.493 e. The van der Waals surface area contributed by atoms with Gasteiger partial charge in [0.2, 0.25) is 0 Å². The van der Waals surface area contributed by atoms with E-state index in [1.165, 1.54) is 0 Å². The fourth-order valence-corrected chi connectivity index (χ4v) is 2.89. The molecule has 0 fully saturated rings. The van der Waals surface area contributed by atoms with E-state index < -0.39 is 17.6 Å². The van der Waals surface area contributed by atoms with Crippen molar-refractivity contribution in [3.05, 3.63) is 36.2 Å². The highest BCUT2D eigenvalue weighted by Gasteiger charge is 2.43. The number of hydrogen-bond acceptors (Lipinski definition) is 6. The average molecular weight is 378 g/mol. The van der Waals surface area contributed by atoms with Crippen LogP contribution in [0.1, 0.15) is 44.2 Å². The predicted octanol–water partition coefficient (Wildman–Crippen LogP) is 2.07. The standard InChI is InChI=1S/C20H30N2O5/c21-18-15-26-11-7-5-3-1-2-4-6-8-12-27-17-9-10-22-16(13-17)14-20(18,25)19(23)24/h1-2,9-10,13,18,25H,3-8,11-12,14-15,21H2,(H,23,24)/b2-1-/t18-,20+/m0/s1. The van der Waals surface area contributed by atoms with Crippen LogP contribution in [0.25, 0.3) is 0 Å². The van der Waals surface area contributed by atoms with Crippen LogP contribution in [-0.2, 0) is 16.0 Å². The highest BCUT2D eigenvalue weighted by Crippen LogP contribution is 2.20. The predicted molar refractivity (Wildman–Crippen MR) is 102 cm³/mol. The van der Waals surface area contributed by atoms with Crippen molar-refractivity contribution in [3.63, 3.8) is 0 Å². The van der Waals surface area contributed by atoms with Crippen molar-refractivity contribution in [1.82, 2.24) is 4.98 Å². The summed E-state index contributed by atoms with van der Waals surface area (Å²) >= 11 is 0. The van der Waals surface area contributed by atoms with Crippen LogP contribution >= 0.6 is 0 Å². The molecule has 0 spiro atoms. The minimum atomic E-state index is -2.16. The van der Waals surface area contributed by atoms with E-state index in [0.717, 1.165) is 38.5 Å². The van der Waals surface area contributed by atoms with Crippen molar-refractivity contribution in [2.45, 2.75) is 56.6 Å². The monoisotopic (exact) mass is 378 g/mol. The molecule has 0 saturated carbocycles. The lowest BCUT2D eigenvalue weighted by Crippen LogP contribution is -2.57. The van der Waals surface area contributed by atoms with E-state index in [1.54, 1.807) is 18.3 Å². The lowest BCUT2D eigenvalue weighted by atomic mass is 9.89. The van der Waals surface area contributed by atoms with Gasteiger partial charge < -0.3 is 25.4 Å². The topological polar surface area (TPSA) is 115 Å². The summed E-state index contributed by atoms with van der Waals surface area (Å²) in [4.78, 5) is 15.8. The maximum atomic E-state index is 11.7. The molecule has 0 unspecified atom stereocenters. The summed E-state index contributed by atoms with van der Waals surface area (Å²) in [5.74, 6) is -0.784. The van der Waals surface area contributed by atoms with E-state index in [2.05, 4.69) is 17.1 Å². The molecule has 150 valence electrons. The quantitative estimate of drug-likeness (QED) is 0.641. The Morgan fingerprint density at radius 3 is 2.59 bits per heavy atom. The van der Waals surface area contributed by atoms with E-state index in [-0.39, 0.29) is 13.0 Å². The molecule has 0 radical (unpaired) electrons. The lowest BCUT2D eigenvalue weighted by molar-refractivity contribution is -0.162. The third kappa shape index (κ3) is 6.93. The molecule has 7 heteroatoms. The van der Waals surface area contributed by atoms with Crippen molar-refractivity contribution in [3.8, 4) is 5.75 Å². The summed E-state index contributed by atoms with van der Waals surface area (Å²) in [6.45, 7) is 1.03. The first kappa shape index (κ1) is 21.3. The fraction of sp³-hybridized carbons (Fsp3) is 0.600. The maximum Gasteiger partial charge on any atom is 0.337 e. The van der Waals surface area contributed by atoms with Crippen LogP contribution in [0, 0.1) is 0 Å². The summed E-state index contributed by atoms with van der Waals surface area (Å²) in [6, 6.07) is 2.30. The zero-order valence-electron chi connectivity index (χ0n) is 15.7. The number of carboxylic acid groups (broad SMARTS) is 1. The Kier molecular flexibility index (Phi) is 8.71. The summed E-state index contributed by atoms with van der Waals surface area (Å²) in [6.07, 6.45) is 11.6. The van der Waals surface area contributed by atoms with E-state index in [0.29, 0.717) is 24.7 Å². The smallest absolute Gasteiger partial charge is 0.337 e. The SMILES string of the molecule is N[C@H]1COCCCC/C=C\CCCCOc2ccnc(c2)C[C@]1(O)C(=O)O. The van der Waals surface area contributed by atoms with Gasteiger partial charge in [-0.05, 0) is 44.6 Å². The molecule has 2 bridgehead atoms. The zero-order chi connectivity index (χ0) is 19.5. The molecule has 0 amide bonds. The number of aliphatic carboxylic acids is 1. The molecule has 2 heterocycles. The Labute approximate surface area is 160 Å². The van der Waals surface area contributed by atoms with Crippen LogP contribution in [0.3, 0.4) is 0 Å². The van der Waals surface area contributed by atoms with E-state index in [9.17, 15) is 15.0 Å². The van der Waals surface area contributed by atoms with Crippen LogP contribution in [0.2, 0.25) is 0 Å². The van der Waals surface area contributed by atoms with Crippen molar-refractivity contribution >= 4 is 5.97 Å². The highest BCUT2D eigenvalue weighted by atomic mass is 16.5. The van der Waals surface area contributed by atoms with Gasteiger partial charge in [-0.3, -0.25) is 4.98 Å². The van der Waals surface area contributed by atoms with Crippen molar-refractivity contribution in [2.24, 2.45) is 5.73 Å². The number of carbonyl (C=O) groups is 1. The van der Waals surface area contributed by atoms with Gasteiger partial charge >= 0.3 is 5.97 Å². The molecule has 2 atom stereocenters. The molecule has 0 aliphatic carbocycles. The van der Waals surface area contributed by atoms with Gasteiger partial charge in [0, 0.05) is 31.0 Å². The number of rotatable bonds is 1. The summed E-state index contributed by atoms with van der Waals surface area (Å²) in [5.41, 5.74) is 4.22. The molecular formula is C20H30N2O5. The zero-order valence-corrected chi connectivity index (χ0v) is 15.7. The van der Waals surface area contributed by atoms with Crippen molar-refractivity contribution < 1.29 is 24.5 Å². The molecule has 7 nitrogen and oxygen atoms in total. The molecule has 27 heavy (non-hydrogen) atoms. The number of carboxylic acids is 1. The number of aromatic nitrogens is 1. The summed E-state index contributed by atoms with van der Waals surface area (Å²) in [5, 5.41) is 20.2. The number of ether oxygens (including phenoxy) is 2. The third-order valence-electron chi connectivity index (χ3n) is 4.63. The molecule has 4 N–H and O–H groups in total. The molecule has 1 aliphatic rings. The van der Waals surface area contributed by atoms with Crippen molar-refractivity contribution in [1.29, 1.82) is 0 Å². The minimum Gasteiger partial charge on any atom is -0.493 e. The van der Waals surface area contributed by atoms with Gasteiger partial charge in [0.05, 0.1) is 19.3 Å². The second-order valence-corrected chi connectivity index (χ2v) is 6.88. The second kappa shape index (κ2) is 11.0. The van der Waals surface area contributed by atoms with Crippen LogP contribution in [0.15, 0.2) is 30.5 Å². The third-order valence-corrected chi connectivity index (χ3v) is 4.63. The first-order valence-electron chi connectivity index (χ1n) is 9.54. The van der Waals surface area contributed by atoms with E-state index >= 15 is 0 Å². The normalized spacial score (nSPS) is 27.4. The lowest BCUT2D eigenvalue weighted by Gasteiger charge is -2.29.